The Morgan fingerprint density at radius 2 is 0.486 bits per heavy atom. The molecule has 0 radical (unpaired) electrons. The lowest BCUT2D eigenvalue weighted by atomic mass is 9.70. The average molecular weight is 894 g/mol. The zero-order chi connectivity index (χ0) is 46.4. The highest BCUT2D eigenvalue weighted by Gasteiger charge is 2.52. The second-order valence-electron chi connectivity index (χ2n) is 18.0. The fraction of sp³-hybridized carbons (Fsp3) is 0.0149. The van der Waals surface area contributed by atoms with E-state index in [1.807, 2.05) is 0 Å². The first-order chi connectivity index (χ1) is 34.8. The quantitative estimate of drug-likeness (QED) is 0.135. The number of rotatable bonds is 10. The van der Waals surface area contributed by atoms with E-state index in [1.54, 1.807) is 0 Å². The maximum absolute atomic E-state index is 2.39. The fourth-order valence-electron chi connectivity index (χ4n) is 11.4. The van der Waals surface area contributed by atoms with Gasteiger partial charge < -0.3 is 14.7 Å². The topological polar surface area (TPSA) is 9.72 Å². The largest absolute Gasteiger partial charge is 0.310 e. The molecule has 2 aliphatic rings. The molecule has 0 heterocycles. The predicted molar refractivity (Wildman–Crippen MR) is 292 cm³/mol. The Hall–Kier alpha value is -9.18. The Labute approximate surface area is 410 Å². The number of para-hydroxylation sites is 4. The Balaban J connectivity index is 0.972. The van der Waals surface area contributed by atoms with E-state index < -0.39 is 5.41 Å². The molecule has 0 bridgehead atoms. The van der Waals surface area contributed by atoms with Crippen molar-refractivity contribution >= 4 is 51.2 Å². The van der Waals surface area contributed by atoms with Crippen LogP contribution in [0.1, 0.15) is 22.3 Å². The van der Waals surface area contributed by atoms with Crippen molar-refractivity contribution in [3.8, 4) is 33.4 Å². The van der Waals surface area contributed by atoms with Gasteiger partial charge in [-0.05, 0) is 153 Å². The van der Waals surface area contributed by atoms with E-state index in [2.05, 4.69) is 300 Å². The minimum atomic E-state index is -0.400. The Morgan fingerprint density at radius 3 is 0.914 bits per heavy atom. The van der Waals surface area contributed by atoms with Crippen molar-refractivity contribution in [2.45, 2.75) is 5.41 Å². The minimum Gasteiger partial charge on any atom is -0.310 e. The maximum Gasteiger partial charge on any atom is 0.0725 e. The Kier molecular flexibility index (Phi) is 10.1. The molecular formula is C67H47N3. The van der Waals surface area contributed by atoms with Gasteiger partial charge in [-0.1, -0.05) is 188 Å². The Bertz CT molecular complexity index is 3410. The van der Waals surface area contributed by atoms with Gasteiger partial charge in [-0.3, -0.25) is 0 Å². The van der Waals surface area contributed by atoms with Crippen molar-refractivity contribution in [2.75, 3.05) is 14.7 Å². The van der Waals surface area contributed by atoms with Gasteiger partial charge in [0.2, 0.25) is 0 Å². The molecule has 0 N–H and O–H groups in total. The normalized spacial score (nSPS) is 12.4. The van der Waals surface area contributed by atoms with Crippen LogP contribution in [0.3, 0.4) is 0 Å². The van der Waals surface area contributed by atoms with Crippen LogP contribution in [0.4, 0.5) is 51.2 Å². The molecule has 3 heteroatoms. The zero-order valence-corrected chi connectivity index (χ0v) is 38.5. The molecule has 70 heavy (non-hydrogen) atoms. The van der Waals surface area contributed by atoms with Crippen LogP contribution in [0.25, 0.3) is 33.4 Å². The number of nitrogens with zero attached hydrogens (tertiary/aromatic N) is 3. The summed E-state index contributed by atoms with van der Waals surface area (Å²) in [6, 6.07) is 104. The lowest BCUT2D eigenvalue weighted by Crippen LogP contribution is -2.25. The van der Waals surface area contributed by atoms with Crippen molar-refractivity contribution in [3.05, 3.63) is 307 Å². The highest BCUT2D eigenvalue weighted by atomic mass is 15.2. The van der Waals surface area contributed by atoms with Crippen molar-refractivity contribution in [1.82, 2.24) is 0 Å². The van der Waals surface area contributed by atoms with Crippen molar-refractivity contribution in [3.63, 3.8) is 0 Å². The van der Waals surface area contributed by atoms with Crippen LogP contribution in [-0.2, 0) is 5.41 Å². The minimum absolute atomic E-state index is 0.400. The van der Waals surface area contributed by atoms with Crippen molar-refractivity contribution in [2.24, 2.45) is 0 Å². The molecule has 0 aliphatic heterocycles. The standard InChI is InChI=1S/C67H47N3/c1-5-22-49(23-6-1)68(50-24-7-2-8-25-50)54-30-19-32-56(46-54)70(57-33-20-31-55(47-57)69(51-26-9-3-10-27-51)52-28-11-4-12-29-52)53-44-42-48(43-45-53)58-37-21-41-65-66(58)61-36-15-18-40-64(61)67(65)62-38-16-13-34-59(62)60-35-14-17-39-63(60)67/h1-47H. The predicted octanol–water partition coefficient (Wildman–Crippen LogP) is 18.1. The summed E-state index contributed by atoms with van der Waals surface area (Å²) in [7, 11) is 0. The molecule has 1 spiro atoms. The fourth-order valence-corrected chi connectivity index (χ4v) is 11.4. The van der Waals surface area contributed by atoms with E-state index in [0.29, 0.717) is 0 Å². The molecule has 11 aromatic rings. The van der Waals surface area contributed by atoms with Gasteiger partial charge in [-0.25, -0.2) is 0 Å². The number of anilines is 9. The van der Waals surface area contributed by atoms with Crippen LogP contribution in [-0.4, -0.2) is 0 Å². The highest BCUT2D eigenvalue weighted by Crippen LogP contribution is 2.64. The monoisotopic (exact) mass is 893 g/mol. The second-order valence-corrected chi connectivity index (χ2v) is 18.0. The van der Waals surface area contributed by atoms with E-state index in [-0.39, 0.29) is 0 Å². The van der Waals surface area contributed by atoms with E-state index in [1.165, 1.54) is 55.6 Å². The van der Waals surface area contributed by atoms with Gasteiger partial charge in [0.25, 0.3) is 0 Å². The molecule has 2 aliphatic carbocycles. The SMILES string of the molecule is c1ccc(N(c2ccccc2)c2cccc(N(c3ccc(-c4cccc5c4-c4ccccc4C54c5ccccc5-c5ccccc54)cc3)c3cccc(N(c4ccccc4)c4ccccc4)c3)c2)cc1. The molecule has 0 fully saturated rings. The Morgan fingerprint density at radius 1 is 0.200 bits per heavy atom. The first kappa shape index (κ1) is 41.0. The van der Waals surface area contributed by atoms with Gasteiger partial charge in [0.1, 0.15) is 0 Å². The summed E-state index contributed by atoms with van der Waals surface area (Å²) in [4.78, 5) is 7.05. The van der Waals surface area contributed by atoms with Crippen LogP contribution in [0.2, 0.25) is 0 Å². The average Bonchev–Trinajstić information content (AvgIpc) is 3.91. The molecule has 0 unspecified atom stereocenters. The number of fused-ring (bicyclic) bond motifs is 10. The van der Waals surface area contributed by atoms with E-state index >= 15 is 0 Å². The molecular weight excluding hydrogens is 847 g/mol. The van der Waals surface area contributed by atoms with Crippen LogP contribution in [0.5, 0.6) is 0 Å². The van der Waals surface area contributed by atoms with E-state index in [0.717, 1.165) is 51.2 Å². The van der Waals surface area contributed by atoms with Gasteiger partial charge in [0.15, 0.2) is 0 Å². The van der Waals surface area contributed by atoms with Gasteiger partial charge >= 0.3 is 0 Å². The van der Waals surface area contributed by atoms with Crippen LogP contribution >= 0.6 is 0 Å². The van der Waals surface area contributed by atoms with Gasteiger partial charge in [-0.15, -0.1) is 0 Å². The second kappa shape index (κ2) is 17.2. The molecule has 11 aromatic carbocycles. The molecule has 0 saturated heterocycles. The molecule has 3 nitrogen and oxygen atoms in total. The summed E-state index contributed by atoms with van der Waals surface area (Å²) in [6.07, 6.45) is 0. The van der Waals surface area contributed by atoms with E-state index in [9.17, 15) is 0 Å². The summed E-state index contributed by atoms with van der Waals surface area (Å²) in [6.45, 7) is 0. The zero-order valence-electron chi connectivity index (χ0n) is 38.5. The first-order valence-corrected chi connectivity index (χ1v) is 24.1. The van der Waals surface area contributed by atoms with Crippen LogP contribution in [0.15, 0.2) is 285 Å². The summed E-state index contributed by atoms with van der Waals surface area (Å²) < 4.78 is 0. The number of hydrogen-bond donors (Lipinski definition) is 0. The third-order valence-corrected chi connectivity index (χ3v) is 14.2. The lowest BCUT2D eigenvalue weighted by Gasteiger charge is -2.31. The number of hydrogen-bond acceptors (Lipinski definition) is 3. The summed E-state index contributed by atoms with van der Waals surface area (Å²) in [5.41, 5.74) is 22.2. The van der Waals surface area contributed by atoms with E-state index in [4.69, 9.17) is 0 Å². The van der Waals surface area contributed by atoms with Gasteiger partial charge in [0, 0.05) is 51.2 Å². The summed E-state index contributed by atoms with van der Waals surface area (Å²) in [5, 5.41) is 0. The third kappa shape index (κ3) is 6.66. The molecule has 0 aromatic heterocycles. The van der Waals surface area contributed by atoms with Crippen molar-refractivity contribution in [1.29, 1.82) is 0 Å². The molecule has 13 rings (SSSR count). The van der Waals surface area contributed by atoms with Gasteiger partial charge in [0.05, 0.1) is 5.41 Å². The lowest BCUT2D eigenvalue weighted by molar-refractivity contribution is 0.794. The maximum atomic E-state index is 2.39. The summed E-state index contributed by atoms with van der Waals surface area (Å²) in [5.74, 6) is 0. The van der Waals surface area contributed by atoms with Crippen LogP contribution in [0, 0.1) is 0 Å². The molecule has 0 amide bonds. The molecule has 330 valence electrons. The van der Waals surface area contributed by atoms with Crippen LogP contribution < -0.4 is 14.7 Å². The van der Waals surface area contributed by atoms with Gasteiger partial charge in [-0.2, -0.15) is 0 Å². The summed E-state index contributed by atoms with van der Waals surface area (Å²) >= 11 is 0. The first-order valence-electron chi connectivity index (χ1n) is 24.1. The molecule has 0 atom stereocenters. The van der Waals surface area contributed by atoms with Crippen molar-refractivity contribution < 1.29 is 0 Å². The number of benzene rings is 11. The smallest absolute Gasteiger partial charge is 0.0725 e. The molecule has 0 saturated carbocycles. The highest BCUT2D eigenvalue weighted by molar-refractivity contribution is 6.00. The third-order valence-electron chi connectivity index (χ3n) is 14.2.